The van der Waals surface area contributed by atoms with Crippen LogP contribution < -0.4 is 0 Å². The molecule has 0 saturated heterocycles. The van der Waals surface area contributed by atoms with E-state index in [2.05, 4.69) is 38.1 Å². The first kappa shape index (κ1) is 10.5. The molecule has 72 valence electrons. The summed E-state index contributed by atoms with van der Waals surface area (Å²) in [6.07, 6.45) is 5.21. The summed E-state index contributed by atoms with van der Waals surface area (Å²) in [5.74, 6) is 0. The SMILES string of the molecule is CC/C=C\c1cc(C#N)c(C)cc1C. The van der Waals surface area contributed by atoms with Crippen molar-refractivity contribution >= 4 is 6.08 Å². The predicted molar refractivity (Wildman–Crippen MR) is 60.0 cm³/mol. The summed E-state index contributed by atoms with van der Waals surface area (Å²) in [6.45, 7) is 6.15. The third-order valence-electron chi connectivity index (χ3n) is 2.27. The lowest BCUT2D eigenvalue weighted by Gasteiger charge is -2.04. The highest BCUT2D eigenvalue weighted by Crippen LogP contribution is 2.16. The van der Waals surface area contributed by atoms with Crippen LogP contribution in [-0.4, -0.2) is 0 Å². The van der Waals surface area contributed by atoms with Gasteiger partial charge in [-0.15, -0.1) is 0 Å². The number of nitrogens with zero attached hydrogens (tertiary/aromatic N) is 1. The maximum absolute atomic E-state index is 8.89. The normalized spacial score (nSPS) is 10.4. The molecule has 1 aromatic rings. The average molecular weight is 185 g/mol. The molecule has 0 N–H and O–H groups in total. The smallest absolute Gasteiger partial charge is 0.0994 e. The van der Waals surface area contributed by atoms with Crippen LogP contribution in [0, 0.1) is 25.2 Å². The topological polar surface area (TPSA) is 23.8 Å². The van der Waals surface area contributed by atoms with Gasteiger partial charge in [0.15, 0.2) is 0 Å². The molecule has 0 heterocycles. The Morgan fingerprint density at radius 3 is 2.57 bits per heavy atom. The Labute approximate surface area is 85.7 Å². The van der Waals surface area contributed by atoms with E-state index in [9.17, 15) is 0 Å². The van der Waals surface area contributed by atoms with E-state index in [1.54, 1.807) is 0 Å². The fourth-order valence-electron chi connectivity index (χ4n) is 1.41. The standard InChI is InChI=1S/C13H15N/c1-4-5-6-12-8-13(9-14)11(3)7-10(12)2/h5-8H,4H2,1-3H3/b6-5-. The minimum Gasteiger partial charge on any atom is -0.192 e. The molecule has 0 radical (unpaired) electrons. The lowest BCUT2D eigenvalue weighted by molar-refractivity contribution is 1.23. The van der Waals surface area contributed by atoms with Gasteiger partial charge in [0, 0.05) is 0 Å². The van der Waals surface area contributed by atoms with Crippen LogP contribution in [0.2, 0.25) is 0 Å². The number of allylic oxidation sites excluding steroid dienone is 1. The zero-order valence-corrected chi connectivity index (χ0v) is 8.96. The highest BCUT2D eigenvalue weighted by molar-refractivity contribution is 5.58. The third kappa shape index (κ3) is 2.23. The molecule has 0 unspecified atom stereocenters. The van der Waals surface area contributed by atoms with Crippen LogP contribution >= 0.6 is 0 Å². The van der Waals surface area contributed by atoms with Gasteiger partial charge in [-0.25, -0.2) is 0 Å². The van der Waals surface area contributed by atoms with E-state index in [4.69, 9.17) is 5.26 Å². The minimum atomic E-state index is 0.770. The molecule has 0 saturated carbocycles. The number of hydrogen-bond donors (Lipinski definition) is 0. The lowest BCUT2D eigenvalue weighted by Crippen LogP contribution is -1.88. The van der Waals surface area contributed by atoms with Crippen LogP contribution in [0.15, 0.2) is 18.2 Å². The number of benzene rings is 1. The first-order chi connectivity index (χ1) is 6.69. The van der Waals surface area contributed by atoms with E-state index < -0.39 is 0 Å². The lowest BCUT2D eigenvalue weighted by atomic mass is 10.0. The Hall–Kier alpha value is -1.55. The van der Waals surface area contributed by atoms with Crippen molar-refractivity contribution in [3.63, 3.8) is 0 Å². The van der Waals surface area contributed by atoms with Crippen LogP contribution in [-0.2, 0) is 0 Å². The van der Waals surface area contributed by atoms with Crippen molar-refractivity contribution in [2.75, 3.05) is 0 Å². The second-order valence-electron chi connectivity index (χ2n) is 3.45. The Bertz CT molecular complexity index is 394. The van der Waals surface area contributed by atoms with Gasteiger partial charge in [0.1, 0.15) is 0 Å². The van der Waals surface area contributed by atoms with Gasteiger partial charge in [0.25, 0.3) is 0 Å². The van der Waals surface area contributed by atoms with Gasteiger partial charge < -0.3 is 0 Å². The average Bonchev–Trinajstić information content (AvgIpc) is 2.17. The molecule has 0 bridgehead atoms. The van der Waals surface area contributed by atoms with Crippen molar-refractivity contribution < 1.29 is 0 Å². The minimum absolute atomic E-state index is 0.770. The molecule has 0 amide bonds. The molecular formula is C13H15N. The molecule has 0 fully saturated rings. The van der Waals surface area contributed by atoms with Crippen LogP contribution in [0.25, 0.3) is 6.08 Å². The molecule has 0 aliphatic rings. The zero-order chi connectivity index (χ0) is 10.6. The van der Waals surface area contributed by atoms with Gasteiger partial charge >= 0.3 is 0 Å². The Balaban J connectivity index is 3.19. The first-order valence-corrected chi connectivity index (χ1v) is 4.87. The third-order valence-corrected chi connectivity index (χ3v) is 2.27. The van der Waals surface area contributed by atoms with Gasteiger partial charge in [0.2, 0.25) is 0 Å². The van der Waals surface area contributed by atoms with E-state index >= 15 is 0 Å². The molecule has 0 spiro atoms. The maximum Gasteiger partial charge on any atom is 0.0994 e. The van der Waals surface area contributed by atoms with Crippen LogP contribution in [0.5, 0.6) is 0 Å². The van der Waals surface area contributed by atoms with E-state index in [1.807, 2.05) is 13.0 Å². The van der Waals surface area contributed by atoms with Gasteiger partial charge in [-0.3, -0.25) is 0 Å². The maximum atomic E-state index is 8.89. The van der Waals surface area contributed by atoms with Crippen molar-refractivity contribution in [1.82, 2.24) is 0 Å². The van der Waals surface area contributed by atoms with Crippen molar-refractivity contribution in [2.45, 2.75) is 27.2 Å². The summed E-state index contributed by atoms with van der Waals surface area (Å²) in [6, 6.07) is 6.22. The Morgan fingerprint density at radius 2 is 2.00 bits per heavy atom. The van der Waals surface area contributed by atoms with E-state index in [-0.39, 0.29) is 0 Å². The molecule has 0 aliphatic heterocycles. The molecule has 1 heteroatoms. The number of nitriles is 1. The second-order valence-corrected chi connectivity index (χ2v) is 3.45. The molecule has 1 nitrogen and oxygen atoms in total. The number of hydrogen-bond acceptors (Lipinski definition) is 1. The monoisotopic (exact) mass is 185 g/mol. The summed E-state index contributed by atoms with van der Waals surface area (Å²) in [5, 5.41) is 8.89. The van der Waals surface area contributed by atoms with Gasteiger partial charge in [0.05, 0.1) is 11.6 Å². The molecule has 14 heavy (non-hydrogen) atoms. The molecular weight excluding hydrogens is 170 g/mol. The summed E-state index contributed by atoms with van der Waals surface area (Å²) >= 11 is 0. The zero-order valence-electron chi connectivity index (χ0n) is 8.96. The fourth-order valence-corrected chi connectivity index (χ4v) is 1.41. The van der Waals surface area contributed by atoms with Crippen LogP contribution in [0.3, 0.4) is 0 Å². The summed E-state index contributed by atoms with van der Waals surface area (Å²) in [7, 11) is 0. The molecule has 1 aromatic carbocycles. The Kier molecular flexibility index (Phi) is 3.48. The molecule has 1 rings (SSSR count). The van der Waals surface area contributed by atoms with E-state index in [0.29, 0.717) is 0 Å². The number of rotatable bonds is 2. The van der Waals surface area contributed by atoms with Gasteiger partial charge in [-0.2, -0.15) is 5.26 Å². The van der Waals surface area contributed by atoms with Crippen LogP contribution in [0.4, 0.5) is 0 Å². The molecule has 0 aliphatic carbocycles. The quantitative estimate of drug-likeness (QED) is 0.690. The highest BCUT2D eigenvalue weighted by atomic mass is 14.2. The van der Waals surface area contributed by atoms with E-state index in [1.165, 1.54) is 5.56 Å². The fraction of sp³-hybridized carbons (Fsp3) is 0.308. The van der Waals surface area contributed by atoms with Crippen LogP contribution in [0.1, 0.15) is 35.6 Å². The van der Waals surface area contributed by atoms with Crippen molar-refractivity contribution in [1.29, 1.82) is 5.26 Å². The van der Waals surface area contributed by atoms with Gasteiger partial charge in [-0.05, 0) is 43.0 Å². The Morgan fingerprint density at radius 1 is 1.29 bits per heavy atom. The molecule has 0 atom stereocenters. The summed E-state index contributed by atoms with van der Waals surface area (Å²) in [5.41, 5.74) is 4.20. The highest BCUT2D eigenvalue weighted by Gasteiger charge is 2.01. The predicted octanol–water partition coefficient (Wildman–Crippen LogP) is 3.60. The largest absolute Gasteiger partial charge is 0.192 e. The second kappa shape index (κ2) is 4.62. The molecule has 0 aromatic heterocycles. The van der Waals surface area contributed by atoms with Gasteiger partial charge in [-0.1, -0.05) is 25.1 Å². The summed E-state index contributed by atoms with van der Waals surface area (Å²) in [4.78, 5) is 0. The first-order valence-electron chi connectivity index (χ1n) is 4.87. The van der Waals surface area contributed by atoms with E-state index in [0.717, 1.165) is 23.1 Å². The van der Waals surface area contributed by atoms with Crippen molar-refractivity contribution in [3.05, 3.63) is 40.5 Å². The summed E-state index contributed by atoms with van der Waals surface area (Å²) < 4.78 is 0. The number of aryl methyl sites for hydroxylation is 2. The van der Waals surface area contributed by atoms with Crippen molar-refractivity contribution in [2.24, 2.45) is 0 Å². The van der Waals surface area contributed by atoms with Crippen molar-refractivity contribution in [3.8, 4) is 6.07 Å².